The molecular formula is C78H102N6O12. The Kier molecular flexibility index (Phi) is 31.8. The Hall–Kier alpha value is -9.06. The van der Waals surface area contributed by atoms with Crippen molar-refractivity contribution in [3.8, 4) is 69.0 Å². The van der Waals surface area contributed by atoms with E-state index in [1.807, 2.05) is 0 Å². The molecule has 0 aliphatic rings. The van der Waals surface area contributed by atoms with Crippen molar-refractivity contribution in [1.29, 1.82) is 0 Å². The van der Waals surface area contributed by atoms with E-state index in [1.54, 1.807) is 72.8 Å². The Labute approximate surface area is 566 Å². The molecule has 10 aromatic rings. The Morgan fingerprint density at radius 2 is 0.365 bits per heavy atom. The molecule has 6 N–H and O–H groups in total. The van der Waals surface area contributed by atoms with Gasteiger partial charge in [-0.3, -0.25) is 29.9 Å². The third kappa shape index (κ3) is 22.8. The van der Waals surface area contributed by atoms with E-state index in [2.05, 4.69) is 41.5 Å². The smallest absolute Gasteiger partial charge is 0.167 e. The van der Waals surface area contributed by atoms with Crippen LogP contribution < -0.4 is 28.4 Å². The number of phenolic OH excluding ortho intramolecular Hbond substituents is 6. The maximum atomic E-state index is 11.7. The van der Waals surface area contributed by atoms with Crippen molar-refractivity contribution in [2.24, 2.45) is 0 Å². The number of unbranched alkanes of at least 4 members (excludes halogenated alkanes) is 18. The number of fused-ring (bicyclic) bond motifs is 3. The number of nitrogens with zero attached hydrogens (tertiary/aromatic N) is 6. The number of rotatable bonds is 36. The number of hydrogen-bond donors (Lipinski definition) is 6. The zero-order valence-electron chi connectivity index (χ0n) is 57.4. The van der Waals surface area contributed by atoms with Crippen molar-refractivity contribution >= 4 is 65.4 Å². The molecule has 516 valence electrons. The fourth-order valence-electron chi connectivity index (χ4n) is 10.5. The van der Waals surface area contributed by atoms with Crippen LogP contribution in [0.15, 0.2) is 110 Å². The highest BCUT2D eigenvalue weighted by Crippen LogP contribution is 2.39. The van der Waals surface area contributed by atoms with Gasteiger partial charge in [0.25, 0.3) is 0 Å². The minimum Gasteiger partial charge on any atom is -0.504 e. The predicted molar refractivity (Wildman–Crippen MR) is 385 cm³/mol. The number of phenols is 6. The second kappa shape index (κ2) is 41.0. The SMILES string of the molecule is CCCCCCOc1cc2ncc3ccc(cnc4cc(OCCCCCC)c(OCCCCCC)cc4ncc4ccc(cnc5cc(OCCCCCC)c(OCCCCCC)cc5ncc5ccc(cnc2cc1OCCCCCC)c(O)c5O)c(O)c4O)c(O)c3O. The van der Waals surface area contributed by atoms with Crippen LogP contribution in [0.5, 0.6) is 69.0 Å². The van der Waals surface area contributed by atoms with Gasteiger partial charge in [0.15, 0.2) is 69.0 Å². The fourth-order valence-corrected chi connectivity index (χ4v) is 10.5. The number of hydrogen-bond acceptors (Lipinski definition) is 18. The lowest BCUT2D eigenvalue weighted by Crippen LogP contribution is -2.03. The van der Waals surface area contributed by atoms with E-state index in [0.717, 1.165) is 154 Å². The van der Waals surface area contributed by atoms with Crippen LogP contribution in [0.2, 0.25) is 0 Å². The van der Waals surface area contributed by atoms with E-state index in [4.69, 9.17) is 58.3 Å². The van der Waals surface area contributed by atoms with E-state index in [1.165, 1.54) is 37.2 Å². The lowest BCUT2D eigenvalue weighted by molar-refractivity contribution is 0.259. The van der Waals surface area contributed by atoms with Gasteiger partial charge in [-0.1, -0.05) is 157 Å². The molecule has 18 nitrogen and oxygen atoms in total. The summed E-state index contributed by atoms with van der Waals surface area (Å²) in [7, 11) is 0. The van der Waals surface area contributed by atoms with Gasteiger partial charge in [0.1, 0.15) is 0 Å². The van der Waals surface area contributed by atoms with E-state index in [0.29, 0.717) is 107 Å². The van der Waals surface area contributed by atoms with Crippen LogP contribution >= 0.6 is 0 Å². The first-order valence-electron chi connectivity index (χ1n) is 35.1. The van der Waals surface area contributed by atoms with Gasteiger partial charge >= 0.3 is 0 Å². The summed E-state index contributed by atoms with van der Waals surface area (Å²) in [5.41, 5.74) is 1.86. The van der Waals surface area contributed by atoms with E-state index < -0.39 is 34.5 Å². The summed E-state index contributed by atoms with van der Waals surface area (Å²) < 4.78 is 38.5. The Morgan fingerprint density at radius 3 is 0.500 bits per heavy atom. The predicted octanol–water partition coefficient (Wildman–Crippen LogP) is 20.0. The molecule has 0 spiro atoms. The molecule has 0 saturated carbocycles. The van der Waals surface area contributed by atoms with Crippen molar-refractivity contribution in [3.05, 3.63) is 110 Å². The van der Waals surface area contributed by atoms with Crippen LogP contribution in [-0.4, -0.2) is 100 Å². The minimum atomic E-state index is -0.470. The average molecular weight is 1320 g/mol. The summed E-state index contributed by atoms with van der Waals surface area (Å²) in [5.74, 6) is -0.122. The average Bonchev–Trinajstić information content (AvgIpc) is 0.874. The van der Waals surface area contributed by atoms with Crippen molar-refractivity contribution in [2.45, 2.75) is 196 Å². The third-order valence-electron chi connectivity index (χ3n) is 16.4. The molecule has 0 aliphatic carbocycles. The maximum Gasteiger partial charge on any atom is 0.167 e. The second-order valence-corrected chi connectivity index (χ2v) is 24.2. The molecule has 0 amide bonds. The normalized spacial score (nSPS) is 11.1. The summed E-state index contributed by atoms with van der Waals surface area (Å²) in [6.07, 6.45) is 32.1. The van der Waals surface area contributed by atoms with Crippen LogP contribution in [0.1, 0.15) is 196 Å². The number of ether oxygens (including phenoxy) is 6. The van der Waals surface area contributed by atoms with Gasteiger partial charge in [-0.25, -0.2) is 0 Å². The van der Waals surface area contributed by atoms with Gasteiger partial charge < -0.3 is 59.1 Å². The first kappa shape index (κ1) is 74.3. The number of benzene rings is 6. The lowest BCUT2D eigenvalue weighted by atomic mass is 10.2. The molecule has 6 aromatic carbocycles. The molecule has 18 heteroatoms. The Morgan fingerprint density at radius 1 is 0.219 bits per heavy atom. The zero-order chi connectivity index (χ0) is 68.3. The van der Waals surface area contributed by atoms with Crippen LogP contribution in [-0.2, 0) is 0 Å². The quantitative estimate of drug-likeness (QED) is 0.0158. The first-order valence-corrected chi connectivity index (χ1v) is 35.1. The third-order valence-corrected chi connectivity index (χ3v) is 16.4. The maximum absolute atomic E-state index is 11.7. The van der Waals surface area contributed by atoms with Gasteiger partial charge in [0, 0.05) is 106 Å². The topological polar surface area (TPSA) is 254 Å². The van der Waals surface area contributed by atoms with Crippen LogP contribution in [0, 0.1) is 0 Å². The van der Waals surface area contributed by atoms with E-state index >= 15 is 0 Å². The number of aromatic hydroxyl groups is 6. The molecule has 0 radical (unpaired) electrons. The fraction of sp³-hybridized carbons (Fsp3) is 0.462. The summed E-state index contributed by atoms with van der Waals surface area (Å²) in [5, 5.41) is 71.2. The standard InChI is InChI=1S/C78H102N6O12/c1-7-13-19-25-37-91-67-43-61-62(44-68(67)92-38-26-20-14-8-2)80-50-56-33-34-58(76(88)74(56)86)52-82-65-47-71(95-41-29-23-17-11-5)72(96-42-30-24-18-12-6)48-66(65)84-54-60-36-35-59(77(89)78(60)90)53-83-64-46-70(94-40-28-22-16-10-4)69(93-39-27-21-15-9-3)45-63(64)81-51-57-32-31-55(49-79-61)73(85)75(57)87/h31-36,43-54,85-90H,7-30,37-42H2,1-6H3. The molecule has 0 unspecified atom stereocenters. The van der Waals surface area contributed by atoms with Crippen LogP contribution in [0.25, 0.3) is 65.4 Å². The van der Waals surface area contributed by atoms with Gasteiger partial charge in [-0.05, 0) is 74.9 Å². The van der Waals surface area contributed by atoms with E-state index in [9.17, 15) is 30.6 Å². The highest BCUT2D eigenvalue weighted by molar-refractivity contribution is 5.86. The van der Waals surface area contributed by atoms with Crippen LogP contribution in [0.4, 0.5) is 0 Å². The molecule has 10 rings (SSSR count). The van der Waals surface area contributed by atoms with Crippen molar-refractivity contribution in [1.82, 2.24) is 29.9 Å². The molecule has 0 aliphatic heterocycles. The molecular weight excluding hydrogens is 1210 g/mol. The van der Waals surface area contributed by atoms with Crippen molar-refractivity contribution in [3.63, 3.8) is 0 Å². The first-order chi connectivity index (χ1) is 46.9. The summed E-state index contributed by atoms with van der Waals surface area (Å²) in [6.45, 7) is 15.5. The van der Waals surface area contributed by atoms with Gasteiger partial charge in [-0.15, -0.1) is 0 Å². The van der Waals surface area contributed by atoms with Gasteiger partial charge in [0.05, 0.1) is 72.7 Å². The monoisotopic (exact) mass is 1310 g/mol. The Bertz CT molecular complexity index is 3310. The number of aromatic nitrogens is 6. The lowest BCUT2D eigenvalue weighted by Gasteiger charge is -2.13. The minimum absolute atomic E-state index is 0.169. The summed E-state index contributed by atoms with van der Waals surface area (Å²) >= 11 is 0. The summed E-state index contributed by atoms with van der Waals surface area (Å²) in [4.78, 5) is 29.0. The molecule has 6 bridgehead atoms. The molecule has 4 heterocycles. The molecule has 0 saturated heterocycles. The molecule has 0 fully saturated rings. The summed E-state index contributed by atoms with van der Waals surface area (Å²) in [6, 6.07) is 19.9. The van der Waals surface area contributed by atoms with E-state index in [-0.39, 0.29) is 32.3 Å². The van der Waals surface area contributed by atoms with Crippen molar-refractivity contribution < 1.29 is 59.1 Å². The molecule has 96 heavy (non-hydrogen) atoms. The van der Waals surface area contributed by atoms with Crippen LogP contribution in [0.3, 0.4) is 0 Å². The van der Waals surface area contributed by atoms with Gasteiger partial charge in [-0.2, -0.15) is 0 Å². The highest BCUT2D eigenvalue weighted by Gasteiger charge is 2.15. The molecule has 0 atom stereocenters. The molecule has 4 aromatic heterocycles. The zero-order valence-corrected chi connectivity index (χ0v) is 57.4. The second-order valence-electron chi connectivity index (χ2n) is 24.2. The largest absolute Gasteiger partial charge is 0.504 e. The van der Waals surface area contributed by atoms with Crippen molar-refractivity contribution in [2.75, 3.05) is 39.6 Å². The Balaban J connectivity index is 1.54. The highest BCUT2D eigenvalue weighted by atomic mass is 16.5. The van der Waals surface area contributed by atoms with Gasteiger partial charge in [0.2, 0.25) is 0 Å².